The minimum Gasteiger partial charge on any atom is -0.492 e. The monoisotopic (exact) mass is 381 g/mol. The van der Waals surface area contributed by atoms with Crippen LogP contribution in [0.2, 0.25) is 0 Å². The summed E-state index contributed by atoms with van der Waals surface area (Å²) in [7, 11) is 0. The Hall–Kier alpha value is -3.00. The van der Waals surface area contributed by atoms with Crippen LogP contribution in [0.25, 0.3) is 16.8 Å². The van der Waals surface area contributed by atoms with Crippen LogP contribution in [0.5, 0.6) is 5.75 Å². The third kappa shape index (κ3) is 3.48. The lowest BCUT2D eigenvalue weighted by Crippen LogP contribution is -2.13. The number of aromatic nitrogens is 4. The normalized spacial score (nSPS) is 11.3. The summed E-state index contributed by atoms with van der Waals surface area (Å²) in [5.74, 6) is 1.34. The number of nitrogens with zero attached hydrogens (tertiary/aromatic N) is 4. The van der Waals surface area contributed by atoms with E-state index in [4.69, 9.17) is 10.5 Å². The molecule has 4 aromatic rings. The molecule has 4 rings (SSSR count). The number of rotatable bonds is 7. The van der Waals surface area contributed by atoms with Crippen molar-refractivity contribution in [2.24, 2.45) is 5.73 Å². The predicted molar refractivity (Wildman–Crippen MR) is 105 cm³/mol. The highest BCUT2D eigenvalue weighted by molar-refractivity contribution is 7.99. The summed E-state index contributed by atoms with van der Waals surface area (Å²) in [6.07, 6.45) is 0. The van der Waals surface area contributed by atoms with Gasteiger partial charge in [-0.3, -0.25) is 9.20 Å². The second-order valence-corrected chi connectivity index (χ2v) is 7.12. The summed E-state index contributed by atoms with van der Waals surface area (Å²) in [6.45, 7) is 3.18. The number of primary amides is 1. The first-order valence-electron chi connectivity index (χ1n) is 8.56. The molecular formula is C19H19N5O2S. The van der Waals surface area contributed by atoms with Gasteiger partial charge in [-0.1, -0.05) is 41.6 Å². The number of carbonyl (C=O) groups excluding carboxylic acids is 1. The molecule has 0 saturated carbocycles. The SMILES string of the molecule is Cc1ccc(OCCn2c3ccccc3n3c(SCC(N)=O)nnc23)cc1. The number of benzene rings is 2. The van der Waals surface area contributed by atoms with Crippen LogP contribution >= 0.6 is 11.8 Å². The van der Waals surface area contributed by atoms with E-state index in [9.17, 15) is 4.79 Å². The van der Waals surface area contributed by atoms with Crippen LogP contribution in [0.15, 0.2) is 53.7 Å². The number of amides is 1. The molecular weight excluding hydrogens is 362 g/mol. The van der Waals surface area contributed by atoms with Gasteiger partial charge in [0, 0.05) is 0 Å². The van der Waals surface area contributed by atoms with E-state index in [2.05, 4.69) is 14.8 Å². The third-order valence-corrected chi connectivity index (χ3v) is 5.17. The number of hydrogen-bond acceptors (Lipinski definition) is 5. The lowest BCUT2D eigenvalue weighted by atomic mass is 10.2. The zero-order valence-electron chi connectivity index (χ0n) is 14.8. The highest BCUT2D eigenvalue weighted by Crippen LogP contribution is 2.25. The maximum Gasteiger partial charge on any atom is 0.237 e. The second-order valence-electron chi connectivity index (χ2n) is 6.17. The van der Waals surface area contributed by atoms with Gasteiger partial charge in [0.1, 0.15) is 12.4 Å². The number of carbonyl (C=O) groups is 1. The van der Waals surface area contributed by atoms with Crippen LogP contribution in [0.4, 0.5) is 0 Å². The van der Waals surface area contributed by atoms with Crippen molar-refractivity contribution in [3.05, 3.63) is 54.1 Å². The molecule has 0 fully saturated rings. The summed E-state index contributed by atoms with van der Waals surface area (Å²) in [5.41, 5.74) is 8.49. The van der Waals surface area contributed by atoms with Crippen LogP contribution in [0.3, 0.4) is 0 Å². The lowest BCUT2D eigenvalue weighted by Gasteiger charge is -2.08. The van der Waals surface area contributed by atoms with Crippen molar-refractivity contribution in [1.82, 2.24) is 19.2 Å². The van der Waals surface area contributed by atoms with Crippen LogP contribution in [0.1, 0.15) is 5.56 Å². The standard InChI is InChI=1S/C19H19N5O2S/c1-13-6-8-14(9-7-13)26-11-10-23-15-4-2-3-5-16(15)24-18(23)21-22-19(24)27-12-17(20)25/h2-9H,10-12H2,1H3,(H2,20,25). The second kappa shape index (κ2) is 7.32. The van der Waals surface area contributed by atoms with Crippen molar-refractivity contribution in [1.29, 1.82) is 0 Å². The number of aryl methyl sites for hydroxylation is 1. The van der Waals surface area contributed by atoms with E-state index in [1.54, 1.807) is 0 Å². The summed E-state index contributed by atoms with van der Waals surface area (Å²) >= 11 is 1.29. The van der Waals surface area contributed by atoms with Gasteiger partial charge in [-0.05, 0) is 31.2 Å². The largest absolute Gasteiger partial charge is 0.492 e. The first-order valence-corrected chi connectivity index (χ1v) is 9.55. The molecule has 2 aromatic heterocycles. The van der Waals surface area contributed by atoms with E-state index in [1.165, 1.54) is 17.3 Å². The summed E-state index contributed by atoms with van der Waals surface area (Å²) in [5, 5.41) is 9.19. The Kier molecular flexibility index (Phi) is 4.72. The summed E-state index contributed by atoms with van der Waals surface area (Å²) < 4.78 is 9.90. The van der Waals surface area contributed by atoms with E-state index in [1.807, 2.05) is 59.9 Å². The minimum absolute atomic E-state index is 0.164. The van der Waals surface area contributed by atoms with Gasteiger partial charge in [-0.2, -0.15) is 0 Å². The van der Waals surface area contributed by atoms with Crippen LogP contribution in [0, 0.1) is 6.92 Å². The van der Waals surface area contributed by atoms with Crippen molar-refractivity contribution in [2.75, 3.05) is 12.4 Å². The molecule has 0 bridgehead atoms. The Labute approximate surface area is 160 Å². The molecule has 0 unspecified atom stereocenters. The molecule has 2 N–H and O–H groups in total. The zero-order chi connectivity index (χ0) is 18.8. The molecule has 0 aliphatic rings. The van der Waals surface area contributed by atoms with Gasteiger partial charge in [0.15, 0.2) is 5.16 Å². The Morgan fingerprint density at radius 1 is 1.11 bits per heavy atom. The fourth-order valence-corrected chi connectivity index (χ4v) is 3.66. The van der Waals surface area contributed by atoms with E-state index in [-0.39, 0.29) is 11.7 Å². The fraction of sp³-hybridized carbons (Fsp3) is 0.211. The summed E-state index contributed by atoms with van der Waals surface area (Å²) in [4.78, 5) is 11.1. The first-order chi connectivity index (χ1) is 13.1. The van der Waals surface area contributed by atoms with Gasteiger partial charge in [-0.15, -0.1) is 10.2 Å². The molecule has 1 amide bonds. The summed E-state index contributed by atoms with van der Waals surface area (Å²) in [6, 6.07) is 16.0. The van der Waals surface area contributed by atoms with Gasteiger partial charge >= 0.3 is 0 Å². The minimum atomic E-state index is -0.382. The zero-order valence-corrected chi connectivity index (χ0v) is 15.6. The average Bonchev–Trinajstić information content (AvgIpc) is 3.21. The van der Waals surface area contributed by atoms with Crippen molar-refractivity contribution in [3.63, 3.8) is 0 Å². The topological polar surface area (TPSA) is 87.4 Å². The van der Waals surface area contributed by atoms with E-state index < -0.39 is 0 Å². The van der Waals surface area contributed by atoms with Crippen molar-refractivity contribution in [3.8, 4) is 5.75 Å². The molecule has 0 aliphatic heterocycles. The molecule has 8 heteroatoms. The molecule has 0 saturated heterocycles. The smallest absolute Gasteiger partial charge is 0.237 e. The van der Waals surface area contributed by atoms with Gasteiger partial charge in [0.2, 0.25) is 11.7 Å². The predicted octanol–water partition coefficient (Wildman–Crippen LogP) is 2.65. The van der Waals surface area contributed by atoms with Crippen molar-refractivity contribution < 1.29 is 9.53 Å². The van der Waals surface area contributed by atoms with Crippen molar-refractivity contribution in [2.45, 2.75) is 18.6 Å². The van der Waals surface area contributed by atoms with Crippen LogP contribution < -0.4 is 10.5 Å². The Bertz CT molecular complexity index is 1100. The molecule has 2 heterocycles. The first kappa shape index (κ1) is 17.4. The number of ether oxygens (including phenoxy) is 1. The number of thioether (sulfide) groups is 1. The fourth-order valence-electron chi connectivity index (χ4n) is 2.98. The van der Waals surface area contributed by atoms with Gasteiger partial charge in [-0.25, -0.2) is 0 Å². The lowest BCUT2D eigenvalue weighted by molar-refractivity contribution is -0.115. The Morgan fingerprint density at radius 3 is 2.59 bits per heavy atom. The maximum atomic E-state index is 11.1. The van der Waals surface area contributed by atoms with Crippen LogP contribution in [-0.2, 0) is 11.3 Å². The van der Waals surface area contributed by atoms with E-state index in [0.717, 1.165) is 22.6 Å². The number of para-hydroxylation sites is 2. The van der Waals surface area contributed by atoms with Crippen molar-refractivity contribution >= 4 is 34.5 Å². The third-order valence-electron chi connectivity index (χ3n) is 4.22. The molecule has 0 spiro atoms. The van der Waals surface area contributed by atoms with Gasteiger partial charge in [0.25, 0.3) is 0 Å². The highest BCUT2D eigenvalue weighted by Gasteiger charge is 2.17. The Morgan fingerprint density at radius 2 is 1.85 bits per heavy atom. The number of nitrogens with two attached hydrogens (primary N) is 1. The molecule has 0 aliphatic carbocycles. The molecule has 138 valence electrons. The molecule has 27 heavy (non-hydrogen) atoms. The number of hydrogen-bond donors (Lipinski definition) is 1. The van der Waals surface area contributed by atoms with E-state index >= 15 is 0 Å². The van der Waals surface area contributed by atoms with E-state index in [0.29, 0.717) is 18.3 Å². The Balaban J connectivity index is 1.62. The van der Waals surface area contributed by atoms with Gasteiger partial charge < -0.3 is 15.0 Å². The molecule has 7 nitrogen and oxygen atoms in total. The quantitative estimate of drug-likeness (QED) is 0.497. The van der Waals surface area contributed by atoms with Gasteiger partial charge in [0.05, 0.1) is 23.3 Å². The number of fused-ring (bicyclic) bond motifs is 3. The average molecular weight is 381 g/mol. The molecule has 0 atom stereocenters. The van der Waals surface area contributed by atoms with Crippen LogP contribution in [-0.4, -0.2) is 37.4 Å². The highest BCUT2D eigenvalue weighted by atomic mass is 32.2. The molecule has 2 aromatic carbocycles. The maximum absolute atomic E-state index is 11.1. The molecule has 0 radical (unpaired) electrons. The number of imidazole rings is 1.